The highest BCUT2D eigenvalue weighted by molar-refractivity contribution is 5.74. The topological polar surface area (TPSA) is 44.4 Å². The minimum absolute atomic E-state index is 0.298. The number of nitrogens with zero attached hydrogens (tertiary/aromatic N) is 1. The average Bonchev–Trinajstić information content (AvgIpc) is 2.41. The lowest BCUT2D eigenvalue weighted by molar-refractivity contribution is -0.123. The third-order valence-corrected chi connectivity index (χ3v) is 3.64. The number of piperidine rings is 1. The van der Waals surface area contributed by atoms with Gasteiger partial charge < -0.3 is 15.5 Å². The molecule has 1 aliphatic heterocycles. The molecule has 0 bridgehead atoms. The lowest BCUT2D eigenvalue weighted by Crippen LogP contribution is -2.54. The maximum Gasteiger partial charge on any atom is 0.405 e. The summed E-state index contributed by atoms with van der Waals surface area (Å²) in [5, 5.41) is 5.39. The second-order valence-corrected chi connectivity index (χ2v) is 5.24. The second kappa shape index (κ2) is 7.71. The van der Waals surface area contributed by atoms with Crippen LogP contribution in [0.5, 0.6) is 0 Å². The van der Waals surface area contributed by atoms with Gasteiger partial charge in [0, 0.05) is 19.1 Å². The van der Waals surface area contributed by atoms with E-state index in [-0.39, 0.29) is 0 Å². The van der Waals surface area contributed by atoms with Crippen LogP contribution in [0.3, 0.4) is 0 Å². The average molecular weight is 295 g/mol. The van der Waals surface area contributed by atoms with E-state index in [1.165, 1.54) is 4.90 Å². The van der Waals surface area contributed by atoms with Crippen molar-refractivity contribution in [1.82, 2.24) is 15.5 Å². The molecule has 1 rings (SSSR count). The van der Waals surface area contributed by atoms with Crippen LogP contribution in [-0.2, 0) is 0 Å². The zero-order valence-corrected chi connectivity index (χ0v) is 12.1. The van der Waals surface area contributed by atoms with Crippen molar-refractivity contribution in [2.24, 2.45) is 5.92 Å². The van der Waals surface area contributed by atoms with Gasteiger partial charge in [-0.3, -0.25) is 0 Å². The third-order valence-electron chi connectivity index (χ3n) is 3.64. The number of carbonyl (C=O) groups is 1. The van der Waals surface area contributed by atoms with Gasteiger partial charge in [0.2, 0.25) is 0 Å². The fraction of sp³-hybridized carbons (Fsp3) is 0.923. The highest BCUT2D eigenvalue weighted by Crippen LogP contribution is 2.20. The fourth-order valence-corrected chi connectivity index (χ4v) is 2.52. The first kappa shape index (κ1) is 17.1. The van der Waals surface area contributed by atoms with E-state index in [4.69, 9.17) is 0 Å². The third kappa shape index (κ3) is 5.56. The Morgan fingerprint density at radius 1 is 1.35 bits per heavy atom. The van der Waals surface area contributed by atoms with E-state index in [2.05, 4.69) is 12.2 Å². The Morgan fingerprint density at radius 3 is 2.60 bits per heavy atom. The Bertz CT molecular complexity index is 310. The van der Waals surface area contributed by atoms with Crippen LogP contribution in [0.2, 0.25) is 0 Å². The quantitative estimate of drug-likeness (QED) is 0.818. The summed E-state index contributed by atoms with van der Waals surface area (Å²) in [6.45, 7) is 4.82. The molecule has 0 aliphatic carbocycles. The molecule has 118 valence electrons. The maximum absolute atomic E-state index is 12.1. The van der Waals surface area contributed by atoms with Gasteiger partial charge in [-0.25, -0.2) is 4.79 Å². The monoisotopic (exact) mass is 295 g/mol. The Kier molecular flexibility index (Phi) is 6.58. The maximum atomic E-state index is 12.1. The van der Waals surface area contributed by atoms with Crippen molar-refractivity contribution in [2.45, 2.75) is 45.3 Å². The van der Waals surface area contributed by atoms with E-state index in [0.717, 1.165) is 25.8 Å². The highest BCUT2D eigenvalue weighted by Gasteiger charge is 2.32. The zero-order chi connectivity index (χ0) is 15.2. The molecular weight excluding hydrogens is 271 g/mol. The van der Waals surface area contributed by atoms with E-state index in [0.29, 0.717) is 25.0 Å². The van der Waals surface area contributed by atoms with Crippen LogP contribution < -0.4 is 10.6 Å². The second-order valence-electron chi connectivity index (χ2n) is 5.24. The van der Waals surface area contributed by atoms with Gasteiger partial charge in [0.05, 0.1) is 0 Å². The molecule has 0 aromatic carbocycles. The van der Waals surface area contributed by atoms with Crippen molar-refractivity contribution in [3.63, 3.8) is 0 Å². The van der Waals surface area contributed by atoms with Crippen LogP contribution >= 0.6 is 0 Å². The van der Waals surface area contributed by atoms with E-state index >= 15 is 0 Å². The minimum atomic E-state index is -4.36. The zero-order valence-electron chi connectivity index (χ0n) is 12.1. The molecular formula is C13H24F3N3O. The van der Waals surface area contributed by atoms with Crippen LogP contribution in [0.1, 0.15) is 33.1 Å². The van der Waals surface area contributed by atoms with Crippen LogP contribution in [0.4, 0.5) is 18.0 Å². The molecule has 1 heterocycles. The normalized spacial score (nSPS) is 23.8. The number of rotatable bonds is 5. The number of alkyl halides is 3. The molecule has 0 aromatic rings. The molecule has 2 unspecified atom stereocenters. The molecule has 1 aliphatic rings. The van der Waals surface area contributed by atoms with Crippen molar-refractivity contribution >= 4 is 6.03 Å². The van der Waals surface area contributed by atoms with Gasteiger partial charge in [0.25, 0.3) is 0 Å². The van der Waals surface area contributed by atoms with Gasteiger partial charge >= 0.3 is 12.2 Å². The number of amides is 2. The molecule has 4 nitrogen and oxygen atoms in total. The van der Waals surface area contributed by atoms with Crippen molar-refractivity contribution in [3.8, 4) is 0 Å². The number of nitrogens with one attached hydrogen (secondary N) is 2. The van der Waals surface area contributed by atoms with Crippen molar-refractivity contribution in [1.29, 1.82) is 0 Å². The summed E-state index contributed by atoms with van der Waals surface area (Å²) >= 11 is 0. The molecule has 20 heavy (non-hydrogen) atoms. The predicted molar refractivity (Wildman–Crippen MR) is 71.5 cm³/mol. The molecule has 0 spiro atoms. The molecule has 1 fully saturated rings. The van der Waals surface area contributed by atoms with Crippen LogP contribution in [-0.4, -0.2) is 49.3 Å². The van der Waals surface area contributed by atoms with Crippen molar-refractivity contribution < 1.29 is 18.0 Å². The Balaban J connectivity index is 2.45. The van der Waals surface area contributed by atoms with Gasteiger partial charge in [-0.15, -0.1) is 0 Å². The molecule has 0 saturated carbocycles. The summed E-state index contributed by atoms with van der Waals surface area (Å²) < 4.78 is 36.3. The first-order valence-electron chi connectivity index (χ1n) is 7.20. The highest BCUT2D eigenvalue weighted by atomic mass is 19.4. The predicted octanol–water partition coefficient (Wildman–Crippen LogP) is 2.36. The van der Waals surface area contributed by atoms with Gasteiger partial charge in [0.1, 0.15) is 6.54 Å². The Morgan fingerprint density at radius 2 is 2.05 bits per heavy atom. The number of urea groups is 1. The first-order chi connectivity index (χ1) is 9.37. The van der Waals surface area contributed by atoms with Crippen LogP contribution in [0.15, 0.2) is 0 Å². The van der Waals surface area contributed by atoms with E-state index in [1.54, 1.807) is 0 Å². The Hall–Kier alpha value is -0.980. The number of hydrogen-bond donors (Lipinski definition) is 2. The van der Waals surface area contributed by atoms with Crippen LogP contribution in [0, 0.1) is 5.92 Å². The van der Waals surface area contributed by atoms with Crippen molar-refractivity contribution in [2.75, 3.05) is 26.2 Å². The molecule has 2 N–H and O–H groups in total. The molecule has 0 aromatic heterocycles. The summed E-state index contributed by atoms with van der Waals surface area (Å²) in [7, 11) is 0. The van der Waals surface area contributed by atoms with E-state index in [9.17, 15) is 18.0 Å². The molecule has 1 saturated heterocycles. The first-order valence-corrected chi connectivity index (χ1v) is 7.20. The minimum Gasteiger partial charge on any atom is -0.329 e. The molecule has 0 radical (unpaired) electrons. The SMILES string of the molecule is CCCNC1CCN(C(=O)NCC(F)(F)F)CC1CC. The lowest BCUT2D eigenvalue weighted by atomic mass is 9.90. The lowest BCUT2D eigenvalue weighted by Gasteiger charge is -2.38. The van der Waals surface area contributed by atoms with Crippen molar-refractivity contribution in [3.05, 3.63) is 0 Å². The van der Waals surface area contributed by atoms with Gasteiger partial charge in [-0.1, -0.05) is 20.3 Å². The summed E-state index contributed by atoms with van der Waals surface area (Å²) in [5.74, 6) is 0.298. The fourth-order valence-electron chi connectivity index (χ4n) is 2.52. The molecule has 2 amide bonds. The van der Waals surface area contributed by atoms with E-state index < -0.39 is 18.8 Å². The van der Waals surface area contributed by atoms with E-state index in [1.807, 2.05) is 12.2 Å². The number of halogens is 3. The van der Waals surface area contributed by atoms with Gasteiger partial charge in [-0.05, 0) is 25.3 Å². The molecule has 7 heteroatoms. The smallest absolute Gasteiger partial charge is 0.329 e. The number of likely N-dealkylation sites (tertiary alicyclic amines) is 1. The number of carbonyl (C=O) groups excluding carboxylic acids is 1. The summed E-state index contributed by atoms with van der Waals surface area (Å²) in [5.41, 5.74) is 0. The number of hydrogen-bond acceptors (Lipinski definition) is 2. The summed E-state index contributed by atoms with van der Waals surface area (Å²) in [4.78, 5) is 13.2. The summed E-state index contributed by atoms with van der Waals surface area (Å²) in [6.07, 6.45) is -1.62. The van der Waals surface area contributed by atoms with Gasteiger partial charge in [-0.2, -0.15) is 13.2 Å². The standard InChI is InChI=1S/C13H24F3N3O/c1-3-6-17-11-5-7-19(8-10(11)4-2)12(20)18-9-13(14,15)16/h10-11,17H,3-9H2,1-2H3,(H,18,20). The Labute approximate surface area is 118 Å². The van der Waals surface area contributed by atoms with Gasteiger partial charge in [0.15, 0.2) is 0 Å². The largest absolute Gasteiger partial charge is 0.405 e. The summed E-state index contributed by atoms with van der Waals surface area (Å²) in [6, 6.07) is -0.263. The molecule has 2 atom stereocenters. The van der Waals surface area contributed by atoms with Crippen LogP contribution in [0.25, 0.3) is 0 Å².